The van der Waals surface area contributed by atoms with Crippen molar-refractivity contribution in [1.82, 2.24) is 25.0 Å². The minimum atomic E-state index is -3.29. The maximum Gasteiger partial charge on any atom is 0.387 e. The lowest BCUT2D eigenvalue weighted by Crippen LogP contribution is -2.54. The summed E-state index contributed by atoms with van der Waals surface area (Å²) in [5.41, 5.74) is 2.49. The number of hydrogen-bond donors (Lipinski definition) is 3. The van der Waals surface area contributed by atoms with Crippen molar-refractivity contribution in [3.05, 3.63) is 71.7 Å². The van der Waals surface area contributed by atoms with Crippen LogP contribution in [0.4, 0.5) is 29.1 Å². The van der Waals surface area contributed by atoms with Crippen LogP contribution in [0.15, 0.2) is 48.9 Å². The lowest BCUT2D eigenvalue weighted by molar-refractivity contribution is -0.903. The molecule has 1 amide bonds. The number of aryl methyl sites for hydroxylation is 1. The van der Waals surface area contributed by atoms with Gasteiger partial charge in [-0.3, -0.25) is 9.20 Å². The Morgan fingerprint density at radius 1 is 1.15 bits per heavy atom. The molecule has 2 saturated heterocycles. The molecule has 2 aliphatic heterocycles. The highest BCUT2D eigenvalue weighted by atomic mass is 19.3. The number of nitrogens with one attached hydrogen (secondary N) is 3. The summed E-state index contributed by atoms with van der Waals surface area (Å²) in [6.07, 6.45) is 4.98. The lowest BCUT2D eigenvalue weighted by Gasteiger charge is -2.37. The van der Waals surface area contributed by atoms with Gasteiger partial charge in [-0.05, 0) is 42.3 Å². The van der Waals surface area contributed by atoms with Crippen LogP contribution in [-0.4, -0.2) is 77.7 Å². The number of aromatic nitrogens is 3. The van der Waals surface area contributed by atoms with Gasteiger partial charge in [-0.2, -0.15) is 13.2 Å². The summed E-state index contributed by atoms with van der Waals surface area (Å²) in [7, 11) is 2.33. The number of carbonyl (C=O) groups excluding carboxylic acids is 1. The average molecular weight is 641 g/mol. The van der Waals surface area contributed by atoms with Gasteiger partial charge in [-0.25, -0.2) is 14.4 Å². The Kier molecular flexibility index (Phi) is 8.88. The first-order valence-corrected chi connectivity index (χ1v) is 15.5. The Morgan fingerprint density at radius 2 is 1.96 bits per heavy atom. The van der Waals surface area contributed by atoms with Gasteiger partial charge in [0.25, 0.3) is 5.91 Å². The molecule has 244 valence electrons. The van der Waals surface area contributed by atoms with Crippen molar-refractivity contribution in [2.24, 2.45) is 17.8 Å². The number of benzene rings is 2. The highest BCUT2D eigenvalue weighted by Crippen LogP contribution is 2.33. The van der Waals surface area contributed by atoms with E-state index in [1.165, 1.54) is 29.5 Å². The highest BCUT2D eigenvalue weighted by molar-refractivity contribution is 5.96. The number of alkyl halides is 2. The smallest absolute Gasteiger partial charge is 0.387 e. The summed E-state index contributed by atoms with van der Waals surface area (Å²) in [6, 6.07) is 7.57. The number of amides is 1. The summed E-state index contributed by atoms with van der Waals surface area (Å²) < 4.78 is 61.1. The van der Waals surface area contributed by atoms with Crippen molar-refractivity contribution in [2.75, 3.05) is 51.6 Å². The number of ether oxygens (including phenoxy) is 1. The number of hydrogen-bond acceptors (Lipinski definition) is 6. The van der Waals surface area contributed by atoms with E-state index in [-0.39, 0.29) is 17.2 Å². The van der Waals surface area contributed by atoms with Crippen LogP contribution in [0.3, 0.4) is 0 Å². The Morgan fingerprint density at radius 3 is 2.67 bits per heavy atom. The first-order chi connectivity index (χ1) is 22.0. The number of fused-ring (bicyclic) bond motifs is 1. The summed E-state index contributed by atoms with van der Waals surface area (Å²) in [6.45, 7) is 7.19. The zero-order valence-corrected chi connectivity index (χ0v) is 26.0. The summed E-state index contributed by atoms with van der Waals surface area (Å²) in [5.74, 6) is -1.80. The van der Waals surface area contributed by atoms with Crippen LogP contribution in [0.25, 0.3) is 16.9 Å². The van der Waals surface area contributed by atoms with Crippen LogP contribution >= 0.6 is 0 Å². The molecule has 6 rings (SSSR count). The maximum absolute atomic E-state index is 14.9. The van der Waals surface area contributed by atoms with Crippen molar-refractivity contribution in [2.45, 2.75) is 26.9 Å². The molecule has 2 aromatic heterocycles. The molecule has 0 radical (unpaired) electrons. The van der Waals surface area contributed by atoms with E-state index in [4.69, 9.17) is 0 Å². The molecule has 46 heavy (non-hydrogen) atoms. The molecule has 13 heteroatoms. The van der Waals surface area contributed by atoms with Gasteiger partial charge < -0.3 is 25.2 Å². The zero-order valence-electron chi connectivity index (χ0n) is 26.0. The molecule has 0 saturated carbocycles. The Bertz CT molecular complexity index is 1740. The Balaban J connectivity index is 1.15. The van der Waals surface area contributed by atoms with Gasteiger partial charge in [0.1, 0.15) is 0 Å². The van der Waals surface area contributed by atoms with Crippen LogP contribution in [-0.2, 0) is 6.42 Å². The molecule has 0 aliphatic carbocycles. The zero-order chi connectivity index (χ0) is 32.6. The monoisotopic (exact) mass is 640 g/mol. The van der Waals surface area contributed by atoms with E-state index in [1.807, 2.05) is 13.0 Å². The van der Waals surface area contributed by atoms with Crippen LogP contribution in [0.1, 0.15) is 29.8 Å². The van der Waals surface area contributed by atoms with E-state index in [0.717, 1.165) is 54.3 Å². The summed E-state index contributed by atoms with van der Waals surface area (Å²) in [5, 5.41) is 9.77. The number of quaternary nitrogens is 1. The van der Waals surface area contributed by atoms with E-state index >= 15 is 0 Å². The van der Waals surface area contributed by atoms with Gasteiger partial charge in [0.05, 0.1) is 38.6 Å². The third-order valence-corrected chi connectivity index (χ3v) is 9.26. The van der Waals surface area contributed by atoms with Gasteiger partial charge >= 0.3 is 6.61 Å². The van der Waals surface area contributed by atoms with E-state index in [2.05, 4.69) is 44.6 Å². The van der Waals surface area contributed by atoms with Crippen molar-refractivity contribution >= 4 is 23.1 Å². The number of likely N-dealkylation sites (tertiary alicyclic amines) is 1. The molecule has 2 fully saturated rings. The van der Waals surface area contributed by atoms with Gasteiger partial charge in [-0.15, -0.1) is 0 Å². The Labute approximate surface area is 264 Å². The normalized spacial score (nSPS) is 21.5. The quantitative estimate of drug-likeness (QED) is 0.153. The predicted molar refractivity (Wildman–Crippen MR) is 166 cm³/mol. The van der Waals surface area contributed by atoms with E-state index in [0.29, 0.717) is 47.5 Å². The van der Waals surface area contributed by atoms with Gasteiger partial charge in [0.2, 0.25) is 5.82 Å². The molecule has 3 unspecified atom stereocenters. The molecule has 4 heterocycles. The van der Waals surface area contributed by atoms with Crippen LogP contribution in [0, 0.1) is 29.4 Å². The standard InChI is InChI=1S/C33H37F4N7O2/c1-4-21-11-23(5-6-24(21)32(45)41-14-22-18-44(3,16-19(22)2)17-20-12-38-13-20)42-30-31-40-15-26(43(31)10-9-39-30)25-7-8-27(46-33(36)37)29(35)28(25)34/h5-11,15,19-20,22,33,38H,4,12-14,16-18H2,1-3H3,(H-,39,41,42,45)/p+1. The number of rotatable bonds is 11. The Hall–Kier alpha value is -4.23. The minimum Gasteiger partial charge on any atom is -0.432 e. The third kappa shape index (κ3) is 6.38. The fourth-order valence-electron chi connectivity index (χ4n) is 6.95. The highest BCUT2D eigenvalue weighted by Gasteiger charge is 2.42. The second-order valence-corrected chi connectivity index (χ2v) is 12.7. The fourth-order valence-corrected chi connectivity index (χ4v) is 6.95. The summed E-state index contributed by atoms with van der Waals surface area (Å²) in [4.78, 5) is 22.0. The molecule has 3 atom stereocenters. The number of nitrogens with zero attached hydrogens (tertiary/aromatic N) is 4. The largest absolute Gasteiger partial charge is 0.432 e. The topological polar surface area (TPSA) is 92.6 Å². The maximum atomic E-state index is 14.9. The van der Waals surface area contributed by atoms with Crippen molar-refractivity contribution < 1.29 is 31.6 Å². The van der Waals surface area contributed by atoms with Crippen LogP contribution in [0.2, 0.25) is 0 Å². The molecule has 2 aliphatic rings. The lowest BCUT2D eigenvalue weighted by atomic mass is 9.97. The molecule has 4 aromatic rings. The fraction of sp³-hybridized carbons (Fsp3) is 0.424. The number of carbonyl (C=O) groups is 1. The second-order valence-electron chi connectivity index (χ2n) is 12.7. The van der Waals surface area contributed by atoms with Crippen molar-refractivity contribution in [3.63, 3.8) is 0 Å². The van der Waals surface area contributed by atoms with E-state index in [1.54, 1.807) is 12.1 Å². The molecule has 2 aromatic carbocycles. The van der Waals surface area contributed by atoms with Crippen LogP contribution < -0.4 is 20.7 Å². The second kappa shape index (κ2) is 12.9. The number of halogens is 4. The molecule has 0 bridgehead atoms. The molecular weight excluding hydrogens is 602 g/mol. The van der Waals surface area contributed by atoms with Crippen molar-refractivity contribution in [3.8, 4) is 17.0 Å². The molecular formula is C33H38F4N7O2+. The number of imidazole rings is 1. The predicted octanol–water partition coefficient (Wildman–Crippen LogP) is 5.24. The molecule has 3 N–H and O–H groups in total. The van der Waals surface area contributed by atoms with E-state index < -0.39 is 24.0 Å². The van der Waals surface area contributed by atoms with Gasteiger partial charge in [-0.1, -0.05) is 13.8 Å². The summed E-state index contributed by atoms with van der Waals surface area (Å²) >= 11 is 0. The van der Waals surface area contributed by atoms with Crippen molar-refractivity contribution in [1.29, 1.82) is 0 Å². The van der Waals surface area contributed by atoms with Gasteiger partial charge in [0, 0.05) is 66.6 Å². The molecule has 9 nitrogen and oxygen atoms in total. The first-order valence-electron chi connectivity index (χ1n) is 15.5. The van der Waals surface area contributed by atoms with Crippen LogP contribution in [0.5, 0.6) is 5.75 Å². The van der Waals surface area contributed by atoms with Gasteiger partial charge in [0.15, 0.2) is 23.0 Å². The number of anilines is 2. The SMILES string of the molecule is CCc1cc(Nc2nccn3c(-c4ccc(OC(F)F)c(F)c4F)cnc23)ccc1C(=O)NCC1C[N+](C)(CC2CNC2)CC1C. The minimum absolute atomic E-state index is 0.0998. The average Bonchev–Trinajstić information content (AvgIpc) is 3.56. The third-order valence-electron chi connectivity index (χ3n) is 9.26. The van der Waals surface area contributed by atoms with E-state index in [9.17, 15) is 22.4 Å². The first kappa shape index (κ1) is 31.7. The molecule has 0 spiro atoms.